The molecule has 3 aromatic rings. The standard InChI is InChI=1S/C17H14FN3/c18-15-8-4-7-14(11-15)17(13-5-2-1-3-6-13)21-16-12-19-9-10-20-16/h1-12,17H,(H,20,21). The lowest BCUT2D eigenvalue weighted by Crippen LogP contribution is -2.13. The summed E-state index contributed by atoms with van der Waals surface area (Å²) in [5.41, 5.74) is 1.88. The van der Waals surface area contributed by atoms with Crippen LogP contribution in [0.3, 0.4) is 0 Å². The number of halogens is 1. The third-order valence-corrected chi connectivity index (χ3v) is 3.17. The summed E-state index contributed by atoms with van der Waals surface area (Å²) < 4.78 is 13.5. The van der Waals surface area contributed by atoms with Gasteiger partial charge >= 0.3 is 0 Å². The summed E-state index contributed by atoms with van der Waals surface area (Å²) in [7, 11) is 0. The molecule has 0 aliphatic rings. The van der Waals surface area contributed by atoms with E-state index in [4.69, 9.17) is 0 Å². The van der Waals surface area contributed by atoms with Crippen molar-refractivity contribution in [3.63, 3.8) is 0 Å². The molecule has 1 atom stereocenters. The molecule has 0 aliphatic heterocycles. The molecule has 3 rings (SSSR count). The van der Waals surface area contributed by atoms with Gasteiger partial charge in [-0.15, -0.1) is 0 Å². The van der Waals surface area contributed by atoms with Crippen molar-refractivity contribution in [2.24, 2.45) is 0 Å². The van der Waals surface area contributed by atoms with Crippen LogP contribution in [0.4, 0.5) is 10.2 Å². The zero-order chi connectivity index (χ0) is 14.5. The Balaban J connectivity index is 1.99. The zero-order valence-corrected chi connectivity index (χ0v) is 11.3. The molecular weight excluding hydrogens is 265 g/mol. The van der Waals surface area contributed by atoms with Gasteiger partial charge < -0.3 is 5.32 Å². The second-order valence-corrected chi connectivity index (χ2v) is 4.63. The molecule has 2 aromatic carbocycles. The maximum atomic E-state index is 13.5. The van der Waals surface area contributed by atoms with Crippen molar-refractivity contribution in [2.45, 2.75) is 6.04 Å². The summed E-state index contributed by atoms with van der Waals surface area (Å²) in [4.78, 5) is 8.27. The maximum Gasteiger partial charge on any atom is 0.145 e. The number of rotatable bonds is 4. The number of nitrogens with one attached hydrogen (secondary N) is 1. The normalized spacial score (nSPS) is 11.9. The fourth-order valence-electron chi connectivity index (χ4n) is 2.21. The topological polar surface area (TPSA) is 37.8 Å². The first-order valence-corrected chi connectivity index (χ1v) is 6.66. The fraction of sp³-hybridized carbons (Fsp3) is 0.0588. The molecule has 104 valence electrons. The molecule has 0 fully saturated rings. The maximum absolute atomic E-state index is 13.5. The summed E-state index contributed by atoms with van der Waals surface area (Å²) >= 11 is 0. The third-order valence-electron chi connectivity index (χ3n) is 3.17. The fourth-order valence-corrected chi connectivity index (χ4v) is 2.21. The molecule has 0 saturated heterocycles. The first-order chi connectivity index (χ1) is 10.3. The van der Waals surface area contributed by atoms with Crippen molar-refractivity contribution in [1.82, 2.24) is 9.97 Å². The van der Waals surface area contributed by atoms with Crippen LogP contribution in [-0.2, 0) is 0 Å². The van der Waals surface area contributed by atoms with Crippen LogP contribution in [0, 0.1) is 5.82 Å². The predicted molar refractivity (Wildman–Crippen MR) is 80.3 cm³/mol. The van der Waals surface area contributed by atoms with E-state index >= 15 is 0 Å². The zero-order valence-electron chi connectivity index (χ0n) is 11.3. The Kier molecular flexibility index (Phi) is 3.87. The molecule has 3 nitrogen and oxygen atoms in total. The average Bonchev–Trinajstić information content (AvgIpc) is 2.54. The van der Waals surface area contributed by atoms with Crippen LogP contribution in [0.5, 0.6) is 0 Å². The van der Waals surface area contributed by atoms with E-state index in [1.807, 2.05) is 36.4 Å². The van der Waals surface area contributed by atoms with Crippen LogP contribution >= 0.6 is 0 Å². The highest BCUT2D eigenvalue weighted by Gasteiger charge is 2.15. The smallest absolute Gasteiger partial charge is 0.145 e. The monoisotopic (exact) mass is 279 g/mol. The highest BCUT2D eigenvalue weighted by molar-refractivity contribution is 5.43. The van der Waals surface area contributed by atoms with E-state index in [1.54, 1.807) is 24.7 Å². The predicted octanol–water partition coefficient (Wildman–Crippen LogP) is 3.82. The second-order valence-electron chi connectivity index (χ2n) is 4.63. The van der Waals surface area contributed by atoms with Gasteiger partial charge in [-0.3, -0.25) is 4.98 Å². The van der Waals surface area contributed by atoms with E-state index in [-0.39, 0.29) is 11.9 Å². The minimum absolute atomic E-state index is 0.182. The Labute approximate surface area is 122 Å². The van der Waals surface area contributed by atoms with E-state index in [1.165, 1.54) is 12.1 Å². The van der Waals surface area contributed by atoms with Crippen molar-refractivity contribution in [2.75, 3.05) is 5.32 Å². The number of aromatic nitrogens is 2. The molecule has 0 bridgehead atoms. The molecule has 1 heterocycles. The van der Waals surface area contributed by atoms with Gasteiger partial charge in [-0.1, -0.05) is 42.5 Å². The van der Waals surface area contributed by atoms with Crippen molar-refractivity contribution in [3.8, 4) is 0 Å². The number of hydrogen-bond donors (Lipinski definition) is 1. The molecule has 1 unspecified atom stereocenters. The van der Waals surface area contributed by atoms with Crippen LogP contribution < -0.4 is 5.32 Å². The lowest BCUT2D eigenvalue weighted by atomic mass is 9.98. The molecule has 4 heteroatoms. The van der Waals surface area contributed by atoms with Crippen LogP contribution in [0.15, 0.2) is 73.2 Å². The summed E-state index contributed by atoms with van der Waals surface area (Å²) in [6, 6.07) is 16.3. The van der Waals surface area contributed by atoms with Crippen molar-refractivity contribution in [3.05, 3.63) is 90.1 Å². The lowest BCUT2D eigenvalue weighted by Gasteiger charge is -2.20. The van der Waals surface area contributed by atoms with E-state index in [2.05, 4.69) is 15.3 Å². The Bertz CT molecular complexity index is 701. The molecule has 0 saturated carbocycles. The Morgan fingerprint density at radius 3 is 2.43 bits per heavy atom. The van der Waals surface area contributed by atoms with Crippen LogP contribution in [0.25, 0.3) is 0 Å². The van der Waals surface area contributed by atoms with E-state index in [9.17, 15) is 4.39 Å². The van der Waals surface area contributed by atoms with Gasteiger partial charge in [0, 0.05) is 12.4 Å². The largest absolute Gasteiger partial charge is 0.358 e. The van der Waals surface area contributed by atoms with Crippen molar-refractivity contribution in [1.29, 1.82) is 0 Å². The second kappa shape index (κ2) is 6.13. The first kappa shape index (κ1) is 13.2. The minimum Gasteiger partial charge on any atom is -0.358 e. The van der Waals surface area contributed by atoms with Crippen LogP contribution in [0.2, 0.25) is 0 Å². The van der Waals surface area contributed by atoms with Gasteiger partial charge in [0.25, 0.3) is 0 Å². The number of anilines is 1. The van der Waals surface area contributed by atoms with Gasteiger partial charge in [0.2, 0.25) is 0 Å². The lowest BCUT2D eigenvalue weighted by molar-refractivity contribution is 0.624. The van der Waals surface area contributed by atoms with E-state index < -0.39 is 0 Å². The molecule has 0 amide bonds. The number of nitrogens with zero attached hydrogens (tertiary/aromatic N) is 2. The molecule has 0 aliphatic carbocycles. The molecule has 0 radical (unpaired) electrons. The Morgan fingerprint density at radius 1 is 0.905 bits per heavy atom. The molecule has 1 N–H and O–H groups in total. The highest BCUT2D eigenvalue weighted by Crippen LogP contribution is 2.26. The third kappa shape index (κ3) is 3.23. The summed E-state index contributed by atoms with van der Waals surface area (Å²) in [6.45, 7) is 0. The van der Waals surface area contributed by atoms with Crippen LogP contribution in [-0.4, -0.2) is 9.97 Å². The molecule has 0 spiro atoms. The van der Waals surface area contributed by atoms with Gasteiger partial charge in [0.1, 0.15) is 11.6 Å². The quantitative estimate of drug-likeness (QED) is 0.789. The van der Waals surface area contributed by atoms with Gasteiger partial charge in [-0.25, -0.2) is 9.37 Å². The van der Waals surface area contributed by atoms with Gasteiger partial charge in [-0.2, -0.15) is 0 Å². The Hall–Kier alpha value is -2.75. The average molecular weight is 279 g/mol. The number of hydrogen-bond acceptors (Lipinski definition) is 3. The molecular formula is C17H14FN3. The summed E-state index contributed by atoms with van der Waals surface area (Å²) in [5.74, 6) is 0.394. The van der Waals surface area contributed by atoms with E-state index in [0.717, 1.165) is 11.1 Å². The summed E-state index contributed by atoms with van der Waals surface area (Å²) in [5, 5.41) is 3.30. The Morgan fingerprint density at radius 2 is 1.71 bits per heavy atom. The molecule has 1 aromatic heterocycles. The first-order valence-electron chi connectivity index (χ1n) is 6.66. The summed E-state index contributed by atoms with van der Waals surface area (Å²) in [6.07, 6.45) is 4.89. The highest BCUT2D eigenvalue weighted by atomic mass is 19.1. The van der Waals surface area contributed by atoms with Crippen LogP contribution in [0.1, 0.15) is 17.2 Å². The van der Waals surface area contributed by atoms with Gasteiger partial charge in [0.15, 0.2) is 0 Å². The van der Waals surface area contributed by atoms with Crippen molar-refractivity contribution < 1.29 is 4.39 Å². The minimum atomic E-state index is -0.255. The van der Waals surface area contributed by atoms with Crippen molar-refractivity contribution >= 4 is 5.82 Å². The number of benzene rings is 2. The SMILES string of the molecule is Fc1cccc(C(Nc2cnccn2)c2ccccc2)c1. The van der Waals surface area contributed by atoms with Gasteiger partial charge in [-0.05, 0) is 23.3 Å². The molecule has 21 heavy (non-hydrogen) atoms. The van der Waals surface area contributed by atoms with E-state index in [0.29, 0.717) is 5.82 Å². The van der Waals surface area contributed by atoms with Gasteiger partial charge in [0.05, 0.1) is 12.2 Å².